The molecule has 3 heteroatoms. The Bertz CT molecular complexity index is 425. The van der Waals surface area contributed by atoms with Crippen LogP contribution in [0, 0.1) is 10.8 Å². The van der Waals surface area contributed by atoms with Crippen molar-refractivity contribution in [1.29, 1.82) is 0 Å². The molecule has 2 aliphatic heterocycles. The van der Waals surface area contributed by atoms with Gasteiger partial charge in [-0.15, -0.1) is 0 Å². The minimum atomic E-state index is -0.129. The highest BCUT2D eigenvalue weighted by atomic mass is 16.6. The molecule has 1 unspecified atom stereocenters. The summed E-state index contributed by atoms with van der Waals surface area (Å²) in [4.78, 5) is 0. The Balaban J connectivity index is 1.86. The van der Waals surface area contributed by atoms with E-state index in [1.165, 1.54) is 5.57 Å². The highest BCUT2D eigenvalue weighted by Gasteiger charge is 2.78. The molecule has 100 valence electrons. The molecule has 5 atom stereocenters. The number of allylic oxidation sites excluding steroid dienone is 1. The summed E-state index contributed by atoms with van der Waals surface area (Å²) in [6.07, 6.45) is 6.91. The quantitative estimate of drug-likeness (QED) is 0.572. The Morgan fingerprint density at radius 3 is 2.89 bits per heavy atom. The van der Waals surface area contributed by atoms with E-state index in [1.807, 2.05) is 0 Å². The van der Waals surface area contributed by atoms with E-state index in [0.717, 1.165) is 32.3 Å². The molecule has 0 amide bonds. The molecule has 3 fully saturated rings. The van der Waals surface area contributed by atoms with Gasteiger partial charge in [0.25, 0.3) is 0 Å². The van der Waals surface area contributed by atoms with Gasteiger partial charge in [-0.3, -0.25) is 0 Å². The van der Waals surface area contributed by atoms with Gasteiger partial charge in [-0.1, -0.05) is 18.6 Å². The molecule has 18 heavy (non-hydrogen) atoms. The van der Waals surface area contributed by atoms with E-state index in [0.29, 0.717) is 0 Å². The third-order valence-electron chi connectivity index (χ3n) is 6.45. The predicted octanol–water partition coefficient (Wildman–Crippen LogP) is 2.04. The fraction of sp³-hybridized carbons (Fsp3) is 0.867. The summed E-state index contributed by atoms with van der Waals surface area (Å²) in [6.45, 7) is 5.55. The molecule has 4 rings (SSSR count). The molecule has 0 aromatic rings. The molecule has 2 saturated heterocycles. The number of hydrogen-bond acceptors (Lipinski definition) is 3. The van der Waals surface area contributed by atoms with Crippen molar-refractivity contribution >= 4 is 0 Å². The number of hydrogen-bond donors (Lipinski definition) is 1. The summed E-state index contributed by atoms with van der Waals surface area (Å²) in [6, 6.07) is 0. The van der Waals surface area contributed by atoms with Gasteiger partial charge < -0.3 is 14.6 Å². The molecule has 0 aromatic heterocycles. The van der Waals surface area contributed by atoms with Crippen LogP contribution in [0.15, 0.2) is 11.6 Å². The maximum absolute atomic E-state index is 10.1. The number of fused-ring (bicyclic) bond motifs is 2. The van der Waals surface area contributed by atoms with Crippen LogP contribution in [0.5, 0.6) is 0 Å². The van der Waals surface area contributed by atoms with E-state index in [2.05, 4.69) is 19.9 Å². The number of aliphatic hydroxyl groups excluding tert-OH is 1. The molecular weight excluding hydrogens is 228 g/mol. The van der Waals surface area contributed by atoms with Crippen molar-refractivity contribution in [1.82, 2.24) is 0 Å². The van der Waals surface area contributed by atoms with Gasteiger partial charge in [-0.05, 0) is 32.6 Å². The molecule has 1 spiro atoms. The lowest BCUT2D eigenvalue weighted by molar-refractivity contribution is -0.211. The number of ether oxygens (including phenoxy) is 2. The maximum Gasteiger partial charge on any atom is 0.124 e. The summed E-state index contributed by atoms with van der Waals surface area (Å²) >= 11 is 0. The number of aliphatic hydroxyl groups is 1. The Labute approximate surface area is 108 Å². The molecule has 2 bridgehead atoms. The van der Waals surface area contributed by atoms with Gasteiger partial charge >= 0.3 is 0 Å². The SMILES string of the molecule is CC1=C[C@H]2O[C@H]3CC[C@@](C)(C34CO4)[C@@]2(CO)CC1. The van der Waals surface area contributed by atoms with E-state index in [-0.39, 0.29) is 35.2 Å². The molecule has 4 aliphatic rings. The topological polar surface area (TPSA) is 42.0 Å². The van der Waals surface area contributed by atoms with E-state index < -0.39 is 0 Å². The van der Waals surface area contributed by atoms with Crippen molar-refractivity contribution in [2.45, 2.75) is 57.3 Å². The monoisotopic (exact) mass is 250 g/mol. The zero-order valence-corrected chi connectivity index (χ0v) is 11.2. The average molecular weight is 250 g/mol. The van der Waals surface area contributed by atoms with Crippen LogP contribution >= 0.6 is 0 Å². The minimum absolute atomic E-state index is 0.0781. The summed E-state index contributed by atoms with van der Waals surface area (Å²) in [5.74, 6) is 0. The predicted molar refractivity (Wildman–Crippen MR) is 67.2 cm³/mol. The molecule has 3 nitrogen and oxygen atoms in total. The van der Waals surface area contributed by atoms with Gasteiger partial charge in [-0.25, -0.2) is 0 Å². The summed E-state index contributed by atoms with van der Waals surface area (Å²) in [5.41, 5.74) is 1.28. The van der Waals surface area contributed by atoms with E-state index in [9.17, 15) is 5.11 Å². The molecule has 1 saturated carbocycles. The Kier molecular flexibility index (Phi) is 2.03. The normalized spacial score (nSPS) is 57.4. The van der Waals surface area contributed by atoms with Gasteiger partial charge in [-0.2, -0.15) is 0 Å². The molecule has 1 N–H and O–H groups in total. The van der Waals surface area contributed by atoms with Gasteiger partial charge in [0, 0.05) is 10.8 Å². The summed E-state index contributed by atoms with van der Waals surface area (Å²) in [7, 11) is 0. The molecular formula is C15H22O3. The largest absolute Gasteiger partial charge is 0.396 e. The van der Waals surface area contributed by atoms with Gasteiger partial charge in [0.1, 0.15) is 5.60 Å². The molecule has 0 radical (unpaired) electrons. The van der Waals surface area contributed by atoms with E-state index in [1.54, 1.807) is 0 Å². The molecule has 2 heterocycles. The highest BCUT2D eigenvalue weighted by molar-refractivity contribution is 5.30. The first-order valence-corrected chi connectivity index (χ1v) is 7.16. The van der Waals surface area contributed by atoms with Gasteiger partial charge in [0.05, 0.1) is 25.4 Å². The van der Waals surface area contributed by atoms with Crippen LogP contribution in [0.25, 0.3) is 0 Å². The lowest BCUT2D eigenvalue weighted by Crippen LogP contribution is -2.63. The zero-order valence-electron chi connectivity index (χ0n) is 11.2. The van der Waals surface area contributed by atoms with Crippen LogP contribution in [-0.4, -0.2) is 36.1 Å². The third-order valence-corrected chi connectivity index (χ3v) is 6.45. The van der Waals surface area contributed by atoms with Gasteiger partial charge in [0.2, 0.25) is 0 Å². The highest BCUT2D eigenvalue weighted by Crippen LogP contribution is 2.71. The fourth-order valence-electron chi connectivity index (χ4n) is 4.99. The Morgan fingerprint density at radius 1 is 1.44 bits per heavy atom. The maximum atomic E-state index is 10.1. The lowest BCUT2D eigenvalue weighted by Gasteiger charge is -2.57. The van der Waals surface area contributed by atoms with Gasteiger partial charge in [0.15, 0.2) is 0 Å². The first-order valence-electron chi connectivity index (χ1n) is 7.16. The van der Waals surface area contributed by atoms with Crippen molar-refractivity contribution in [2.24, 2.45) is 10.8 Å². The van der Waals surface area contributed by atoms with Crippen molar-refractivity contribution in [3.8, 4) is 0 Å². The fourth-order valence-corrected chi connectivity index (χ4v) is 4.99. The Morgan fingerprint density at radius 2 is 2.22 bits per heavy atom. The standard InChI is InChI=1S/C15H22O3/c1-10-3-6-14(8-16)12(7-10)18-11-4-5-13(14,2)15(11)9-17-15/h7,11-12,16H,3-6,8-9H2,1-2H3/t11-,12+,13+,14+,15?/m0/s1. The van der Waals surface area contributed by atoms with Crippen LogP contribution in [0.2, 0.25) is 0 Å². The van der Waals surface area contributed by atoms with Crippen LogP contribution < -0.4 is 0 Å². The third kappa shape index (κ3) is 1.01. The molecule has 0 aromatic carbocycles. The second-order valence-electron chi connectivity index (χ2n) is 6.92. The lowest BCUT2D eigenvalue weighted by atomic mass is 9.52. The van der Waals surface area contributed by atoms with Crippen LogP contribution in [0.3, 0.4) is 0 Å². The average Bonchev–Trinajstić information content (AvgIpc) is 3.11. The van der Waals surface area contributed by atoms with Crippen LogP contribution in [0.1, 0.15) is 39.5 Å². The van der Waals surface area contributed by atoms with Crippen molar-refractivity contribution in [2.75, 3.05) is 13.2 Å². The number of rotatable bonds is 1. The Hall–Kier alpha value is -0.380. The molecule has 2 aliphatic carbocycles. The number of epoxide rings is 1. The first kappa shape index (κ1) is 11.4. The van der Waals surface area contributed by atoms with Crippen LogP contribution in [0.4, 0.5) is 0 Å². The first-order chi connectivity index (χ1) is 8.58. The van der Waals surface area contributed by atoms with Crippen LogP contribution in [-0.2, 0) is 9.47 Å². The second kappa shape index (κ2) is 3.20. The zero-order chi connectivity index (χ0) is 12.6. The van der Waals surface area contributed by atoms with Crippen molar-refractivity contribution < 1.29 is 14.6 Å². The summed E-state index contributed by atoms with van der Waals surface area (Å²) in [5, 5.41) is 10.1. The smallest absolute Gasteiger partial charge is 0.124 e. The summed E-state index contributed by atoms with van der Waals surface area (Å²) < 4.78 is 12.2. The van der Waals surface area contributed by atoms with Crippen molar-refractivity contribution in [3.63, 3.8) is 0 Å². The second-order valence-corrected chi connectivity index (χ2v) is 6.92. The van der Waals surface area contributed by atoms with E-state index in [4.69, 9.17) is 9.47 Å². The van der Waals surface area contributed by atoms with Crippen molar-refractivity contribution in [3.05, 3.63) is 11.6 Å². The minimum Gasteiger partial charge on any atom is -0.396 e. The van der Waals surface area contributed by atoms with E-state index >= 15 is 0 Å².